The van der Waals surface area contributed by atoms with E-state index >= 15 is 0 Å². The van der Waals surface area contributed by atoms with Crippen molar-refractivity contribution in [3.63, 3.8) is 0 Å². The maximum atomic E-state index is 13.4. The van der Waals surface area contributed by atoms with E-state index in [2.05, 4.69) is 24.1 Å². The van der Waals surface area contributed by atoms with Crippen molar-refractivity contribution >= 4 is 0 Å². The predicted octanol–water partition coefficient (Wildman–Crippen LogP) is 2.44. The van der Waals surface area contributed by atoms with Gasteiger partial charge in [0.15, 0.2) is 0 Å². The zero-order valence-electron chi connectivity index (χ0n) is 11.3. The predicted molar refractivity (Wildman–Crippen MR) is 70.7 cm³/mol. The summed E-state index contributed by atoms with van der Waals surface area (Å²) >= 11 is 0. The number of likely N-dealkylation sites (N-methyl/N-ethyl adjacent to an activating group) is 1. The van der Waals surface area contributed by atoms with E-state index in [0.29, 0.717) is 18.0 Å². The van der Waals surface area contributed by atoms with Gasteiger partial charge in [-0.25, -0.2) is 8.78 Å². The molecule has 2 nitrogen and oxygen atoms in total. The molecule has 1 N–H and O–H groups in total. The van der Waals surface area contributed by atoms with Crippen LogP contribution in [0.3, 0.4) is 0 Å². The molecule has 0 aliphatic rings. The molecule has 0 heterocycles. The van der Waals surface area contributed by atoms with Crippen molar-refractivity contribution in [2.45, 2.75) is 26.3 Å². The molecule has 1 rings (SSSR count). The molecule has 0 spiro atoms. The number of hydrogen-bond acceptors (Lipinski definition) is 2. The van der Waals surface area contributed by atoms with Gasteiger partial charge in [0.05, 0.1) is 0 Å². The minimum Gasteiger partial charge on any atom is -0.313 e. The number of nitrogens with zero attached hydrogens (tertiary/aromatic N) is 1. The summed E-state index contributed by atoms with van der Waals surface area (Å²) in [5, 5.41) is 3.32. The third kappa shape index (κ3) is 5.56. The SMILES string of the molecule is CC(C)NCCN(C)CCc1cc(F)ccc1F. The van der Waals surface area contributed by atoms with Crippen LogP contribution in [-0.4, -0.2) is 37.6 Å². The Hall–Kier alpha value is -1.00. The van der Waals surface area contributed by atoms with E-state index < -0.39 is 0 Å². The highest BCUT2D eigenvalue weighted by atomic mass is 19.1. The lowest BCUT2D eigenvalue weighted by atomic mass is 10.1. The average molecular weight is 256 g/mol. The van der Waals surface area contributed by atoms with Crippen molar-refractivity contribution in [3.8, 4) is 0 Å². The molecule has 0 aliphatic heterocycles. The van der Waals surface area contributed by atoms with Gasteiger partial charge in [0.1, 0.15) is 11.6 Å². The molecule has 0 bridgehead atoms. The largest absolute Gasteiger partial charge is 0.313 e. The lowest BCUT2D eigenvalue weighted by Gasteiger charge is -2.18. The summed E-state index contributed by atoms with van der Waals surface area (Å²) in [7, 11) is 1.99. The lowest BCUT2D eigenvalue weighted by molar-refractivity contribution is 0.329. The highest BCUT2D eigenvalue weighted by molar-refractivity contribution is 5.18. The van der Waals surface area contributed by atoms with E-state index in [4.69, 9.17) is 0 Å². The van der Waals surface area contributed by atoms with Crippen LogP contribution in [0.2, 0.25) is 0 Å². The van der Waals surface area contributed by atoms with Gasteiger partial charge in [-0.2, -0.15) is 0 Å². The first-order chi connectivity index (χ1) is 8.49. The molecule has 102 valence electrons. The summed E-state index contributed by atoms with van der Waals surface area (Å²) in [5.74, 6) is -0.708. The van der Waals surface area contributed by atoms with E-state index in [1.54, 1.807) is 0 Å². The van der Waals surface area contributed by atoms with Gasteiger partial charge in [-0.1, -0.05) is 13.8 Å². The fraction of sp³-hybridized carbons (Fsp3) is 0.571. The number of rotatable bonds is 7. The third-order valence-electron chi connectivity index (χ3n) is 2.82. The summed E-state index contributed by atoms with van der Waals surface area (Å²) in [4.78, 5) is 2.11. The third-order valence-corrected chi connectivity index (χ3v) is 2.82. The van der Waals surface area contributed by atoms with E-state index in [9.17, 15) is 8.78 Å². The second kappa shape index (κ2) is 7.44. The first-order valence-corrected chi connectivity index (χ1v) is 6.35. The summed E-state index contributed by atoms with van der Waals surface area (Å²) in [6.07, 6.45) is 0.530. The van der Waals surface area contributed by atoms with Crippen molar-refractivity contribution < 1.29 is 8.78 Å². The normalized spacial score (nSPS) is 11.5. The smallest absolute Gasteiger partial charge is 0.126 e. The van der Waals surface area contributed by atoms with Gasteiger partial charge in [0.25, 0.3) is 0 Å². The van der Waals surface area contributed by atoms with Gasteiger partial charge in [0, 0.05) is 25.7 Å². The van der Waals surface area contributed by atoms with Gasteiger partial charge in [-0.15, -0.1) is 0 Å². The summed E-state index contributed by atoms with van der Waals surface area (Å²) in [6, 6.07) is 4.08. The highest BCUT2D eigenvalue weighted by Crippen LogP contribution is 2.10. The molecule has 1 aromatic carbocycles. The molecule has 0 atom stereocenters. The van der Waals surface area contributed by atoms with E-state index in [-0.39, 0.29) is 11.6 Å². The molecule has 0 radical (unpaired) electrons. The van der Waals surface area contributed by atoms with Crippen LogP contribution in [0.5, 0.6) is 0 Å². The van der Waals surface area contributed by atoms with Gasteiger partial charge in [0.2, 0.25) is 0 Å². The number of nitrogens with one attached hydrogen (secondary N) is 1. The van der Waals surface area contributed by atoms with Gasteiger partial charge >= 0.3 is 0 Å². The molecule has 0 saturated carbocycles. The molecule has 0 saturated heterocycles. The van der Waals surface area contributed by atoms with Crippen LogP contribution in [0.15, 0.2) is 18.2 Å². The van der Waals surface area contributed by atoms with Gasteiger partial charge in [-0.05, 0) is 37.2 Å². The van der Waals surface area contributed by atoms with E-state index in [0.717, 1.165) is 25.7 Å². The molecule has 18 heavy (non-hydrogen) atoms. The molecule has 0 amide bonds. The van der Waals surface area contributed by atoms with Gasteiger partial charge in [-0.3, -0.25) is 0 Å². The summed E-state index contributed by atoms with van der Waals surface area (Å²) in [5.41, 5.74) is 0.443. The van der Waals surface area contributed by atoms with E-state index in [1.165, 1.54) is 12.1 Å². The molecule has 0 unspecified atom stereocenters. The standard InChI is InChI=1S/C14H22F2N2/c1-11(2)17-7-9-18(3)8-6-12-10-13(15)4-5-14(12)16/h4-5,10-11,17H,6-9H2,1-3H3. The Balaban J connectivity index is 2.33. The van der Waals surface area contributed by atoms with Gasteiger partial charge < -0.3 is 10.2 Å². The van der Waals surface area contributed by atoms with Crippen LogP contribution < -0.4 is 5.32 Å². The highest BCUT2D eigenvalue weighted by Gasteiger charge is 2.05. The van der Waals surface area contributed by atoms with Crippen LogP contribution in [0.1, 0.15) is 19.4 Å². The van der Waals surface area contributed by atoms with Crippen LogP contribution in [0, 0.1) is 11.6 Å². The van der Waals surface area contributed by atoms with Crippen LogP contribution >= 0.6 is 0 Å². The fourth-order valence-electron chi connectivity index (χ4n) is 1.70. The first kappa shape index (κ1) is 15.1. The Bertz CT molecular complexity index is 367. The molecule has 4 heteroatoms. The second-order valence-electron chi connectivity index (χ2n) is 4.90. The summed E-state index contributed by atoms with van der Waals surface area (Å²) < 4.78 is 26.4. The molecule has 1 aromatic rings. The average Bonchev–Trinajstić information content (AvgIpc) is 2.30. The number of benzene rings is 1. The number of halogens is 2. The molecular weight excluding hydrogens is 234 g/mol. The van der Waals surface area contributed by atoms with Crippen molar-refractivity contribution in [2.75, 3.05) is 26.7 Å². The maximum Gasteiger partial charge on any atom is 0.126 e. The Kier molecular flexibility index (Phi) is 6.22. The minimum atomic E-state index is -0.379. The Morgan fingerprint density at radius 2 is 1.94 bits per heavy atom. The van der Waals surface area contributed by atoms with Crippen molar-refractivity contribution in [2.24, 2.45) is 0 Å². The second-order valence-corrected chi connectivity index (χ2v) is 4.90. The molecule has 0 aliphatic carbocycles. The molecule has 0 fully saturated rings. The zero-order chi connectivity index (χ0) is 13.5. The number of hydrogen-bond donors (Lipinski definition) is 1. The summed E-state index contributed by atoms with van der Waals surface area (Å²) in [6.45, 7) is 6.72. The monoisotopic (exact) mass is 256 g/mol. The lowest BCUT2D eigenvalue weighted by Crippen LogP contribution is -2.33. The topological polar surface area (TPSA) is 15.3 Å². The Morgan fingerprint density at radius 3 is 2.61 bits per heavy atom. The maximum absolute atomic E-state index is 13.4. The molecular formula is C14H22F2N2. The Morgan fingerprint density at radius 1 is 1.22 bits per heavy atom. The van der Waals surface area contributed by atoms with Crippen molar-refractivity contribution in [1.82, 2.24) is 10.2 Å². The first-order valence-electron chi connectivity index (χ1n) is 6.35. The van der Waals surface area contributed by atoms with Crippen molar-refractivity contribution in [1.29, 1.82) is 0 Å². The van der Waals surface area contributed by atoms with Crippen LogP contribution in [-0.2, 0) is 6.42 Å². The quantitative estimate of drug-likeness (QED) is 0.806. The van der Waals surface area contributed by atoms with Crippen LogP contribution in [0.25, 0.3) is 0 Å². The fourth-order valence-corrected chi connectivity index (χ4v) is 1.70. The van der Waals surface area contributed by atoms with E-state index in [1.807, 2.05) is 7.05 Å². The van der Waals surface area contributed by atoms with Crippen LogP contribution in [0.4, 0.5) is 8.78 Å². The Labute approximate surface area is 108 Å². The zero-order valence-corrected chi connectivity index (χ0v) is 11.3. The van der Waals surface area contributed by atoms with Crippen molar-refractivity contribution in [3.05, 3.63) is 35.4 Å². The molecule has 0 aromatic heterocycles. The minimum absolute atomic E-state index is 0.329.